The maximum absolute atomic E-state index is 10.9. The summed E-state index contributed by atoms with van der Waals surface area (Å²) in [6, 6.07) is 6.65. The van der Waals surface area contributed by atoms with Crippen LogP contribution in [-0.4, -0.2) is 66.8 Å². The Kier molecular flexibility index (Phi) is 6.02. The molecule has 5 heteroatoms. The van der Waals surface area contributed by atoms with Crippen LogP contribution in [0, 0.1) is 0 Å². The van der Waals surface area contributed by atoms with Gasteiger partial charge in [0.1, 0.15) is 5.75 Å². The van der Waals surface area contributed by atoms with Crippen LogP contribution in [0.2, 0.25) is 0 Å². The molecule has 0 amide bonds. The molecule has 1 aromatic carbocycles. The Labute approximate surface area is 126 Å². The van der Waals surface area contributed by atoms with Crippen LogP contribution in [0.25, 0.3) is 0 Å². The Bertz CT molecular complexity index is 457. The number of hydrogen-bond acceptors (Lipinski definition) is 4. The van der Waals surface area contributed by atoms with Crippen LogP contribution in [0.3, 0.4) is 0 Å². The fourth-order valence-corrected chi connectivity index (χ4v) is 2.53. The lowest BCUT2D eigenvalue weighted by molar-refractivity contribution is 0.0696. The van der Waals surface area contributed by atoms with E-state index in [2.05, 4.69) is 16.7 Å². The van der Waals surface area contributed by atoms with Crippen molar-refractivity contribution in [2.75, 3.05) is 45.9 Å². The van der Waals surface area contributed by atoms with Crippen LogP contribution in [0.15, 0.2) is 24.3 Å². The van der Waals surface area contributed by atoms with Crippen molar-refractivity contribution in [1.82, 2.24) is 9.80 Å². The van der Waals surface area contributed by atoms with Gasteiger partial charge in [-0.1, -0.05) is 13.0 Å². The van der Waals surface area contributed by atoms with Crippen LogP contribution < -0.4 is 4.74 Å². The molecule has 21 heavy (non-hydrogen) atoms. The van der Waals surface area contributed by atoms with Crippen LogP contribution in [0.4, 0.5) is 0 Å². The molecule has 0 bridgehead atoms. The zero-order valence-electron chi connectivity index (χ0n) is 12.6. The van der Waals surface area contributed by atoms with Gasteiger partial charge in [0.25, 0.3) is 0 Å². The van der Waals surface area contributed by atoms with E-state index in [1.807, 2.05) is 0 Å². The summed E-state index contributed by atoms with van der Waals surface area (Å²) in [5, 5.41) is 8.93. The lowest BCUT2D eigenvalue weighted by Crippen LogP contribution is -2.46. The molecule has 2 rings (SSSR count). The first kappa shape index (κ1) is 15.8. The molecule has 0 aliphatic carbocycles. The maximum atomic E-state index is 10.9. The number of likely N-dealkylation sites (N-methyl/N-ethyl adjacent to an activating group) is 1. The number of carboxylic acids is 1. The normalized spacial score (nSPS) is 16.8. The highest BCUT2D eigenvalue weighted by molar-refractivity contribution is 5.87. The molecule has 1 aromatic rings. The predicted molar refractivity (Wildman–Crippen MR) is 82.1 cm³/mol. The molecule has 1 fully saturated rings. The summed E-state index contributed by atoms with van der Waals surface area (Å²) >= 11 is 0. The number of carboxylic acid groups (broad SMARTS) is 1. The fourth-order valence-electron chi connectivity index (χ4n) is 2.53. The summed E-state index contributed by atoms with van der Waals surface area (Å²) in [7, 11) is 0. The van der Waals surface area contributed by atoms with E-state index in [4.69, 9.17) is 9.84 Å². The van der Waals surface area contributed by atoms with Crippen molar-refractivity contribution >= 4 is 5.97 Å². The van der Waals surface area contributed by atoms with Crippen molar-refractivity contribution in [3.8, 4) is 5.75 Å². The molecule has 1 aliphatic heterocycles. The van der Waals surface area contributed by atoms with Gasteiger partial charge in [-0.3, -0.25) is 0 Å². The molecule has 0 spiro atoms. The quantitative estimate of drug-likeness (QED) is 0.777. The average molecular weight is 292 g/mol. The second kappa shape index (κ2) is 8.00. The Morgan fingerprint density at radius 1 is 1.24 bits per heavy atom. The van der Waals surface area contributed by atoms with E-state index < -0.39 is 5.97 Å². The average Bonchev–Trinajstić information content (AvgIpc) is 2.52. The number of carbonyl (C=O) groups is 1. The van der Waals surface area contributed by atoms with E-state index in [9.17, 15) is 4.79 Å². The minimum Gasteiger partial charge on any atom is -0.494 e. The predicted octanol–water partition coefficient (Wildman–Crippen LogP) is 1.79. The third kappa shape index (κ3) is 5.02. The first-order chi connectivity index (χ1) is 10.2. The minimum absolute atomic E-state index is 0.267. The topological polar surface area (TPSA) is 53.0 Å². The molecule has 0 saturated carbocycles. The SMILES string of the molecule is CCN1CCN(CCCOc2cccc(C(=O)O)c2)CC1. The number of ether oxygens (including phenoxy) is 1. The molecule has 0 radical (unpaired) electrons. The molecule has 0 aromatic heterocycles. The highest BCUT2D eigenvalue weighted by Crippen LogP contribution is 2.13. The smallest absolute Gasteiger partial charge is 0.335 e. The molecule has 0 unspecified atom stereocenters. The summed E-state index contributed by atoms with van der Waals surface area (Å²) in [5.74, 6) is -0.292. The van der Waals surface area contributed by atoms with Gasteiger partial charge in [0.15, 0.2) is 0 Å². The molecular weight excluding hydrogens is 268 g/mol. The van der Waals surface area contributed by atoms with Crippen LogP contribution in [0.5, 0.6) is 5.75 Å². The highest BCUT2D eigenvalue weighted by atomic mass is 16.5. The molecule has 1 saturated heterocycles. The number of benzene rings is 1. The third-order valence-electron chi connectivity index (χ3n) is 3.88. The van der Waals surface area contributed by atoms with Crippen molar-refractivity contribution in [2.24, 2.45) is 0 Å². The Balaban J connectivity index is 1.66. The minimum atomic E-state index is -0.922. The van der Waals surface area contributed by atoms with Gasteiger partial charge in [0, 0.05) is 32.7 Å². The van der Waals surface area contributed by atoms with Gasteiger partial charge in [-0.15, -0.1) is 0 Å². The van der Waals surface area contributed by atoms with E-state index in [-0.39, 0.29) is 5.56 Å². The second-order valence-electron chi connectivity index (χ2n) is 5.31. The third-order valence-corrected chi connectivity index (χ3v) is 3.88. The molecule has 1 N–H and O–H groups in total. The van der Waals surface area contributed by atoms with Gasteiger partial charge < -0.3 is 19.6 Å². The van der Waals surface area contributed by atoms with E-state index in [0.717, 1.165) is 45.7 Å². The second-order valence-corrected chi connectivity index (χ2v) is 5.31. The summed E-state index contributed by atoms with van der Waals surface area (Å²) in [5.41, 5.74) is 0.267. The molecule has 0 atom stereocenters. The summed E-state index contributed by atoms with van der Waals surface area (Å²) in [6.45, 7) is 9.56. The van der Waals surface area contributed by atoms with Gasteiger partial charge >= 0.3 is 5.97 Å². The van der Waals surface area contributed by atoms with Gasteiger partial charge in [0.2, 0.25) is 0 Å². The number of nitrogens with zero attached hydrogens (tertiary/aromatic N) is 2. The lowest BCUT2D eigenvalue weighted by Gasteiger charge is -2.33. The first-order valence-corrected chi connectivity index (χ1v) is 7.60. The van der Waals surface area contributed by atoms with Crippen LogP contribution in [0.1, 0.15) is 23.7 Å². The van der Waals surface area contributed by atoms with Crippen LogP contribution in [-0.2, 0) is 0 Å². The van der Waals surface area contributed by atoms with Crippen molar-refractivity contribution in [2.45, 2.75) is 13.3 Å². The van der Waals surface area contributed by atoms with E-state index in [0.29, 0.717) is 12.4 Å². The largest absolute Gasteiger partial charge is 0.494 e. The Morgan fingerprint density at radius 3 is 2.62 bits per heavy atom. The number of hydrogen-bond donors (Lipinski definition) is 1. The van der Waals surface area contributed by atoms with Crippen LogP contribution >= 0.6 is 0 Å². The zero-order valence-corrected chi connectivity index (χ0v) is 12.6. The van der Waals surface area contributed by atoms with Gasteiger partial charge in [-0.25, -0.2) is 4.79 Å². The highest BCUT2D eigenvalue weighted by Gasteiger charge is 2.14. The van der Waals surface area contributed by atoms with E-state index in [1.165, 1.54) is 0 Å². The van der Waals surface area contributed by atoms with Gasteiger partial charge in [0.05, 0.1) is 12.2 Å². The monoisotopic (exact) mass is 292 g/mol. The van der Waals surface area contributed by atoms with E-state index >= 15 is 0 Å². The lowest BCUT2D eigenvalue weighted by atomic mass is 10.2. The van der Waals surface area contributed by atoms with Crippen molar-refractivity contribution < 1.29 is 14.6 Å². The summed E-state index contributed by atoms with van der Waals surface area (Å²) in [6.07, 6.45) is 0.962. The number of rotatable bonds is 7. The van der Waals surface area contributed by atoms with Crippen molar-refractivity contribution in [3.05, 3.63) is 29.8 Å². The first-order valence-electron chi connectivity index (χ1n) is 7.60. The van der Waals surface area contributed by atoms with Gasteiger partial charge in [-0.2, -0.15) is 0 Å². The maximum Gasteiger partial charge on any atom is 0.335 e. The molecule has 116 valence electrons. The van der Waals surface area contributed by atoms with Gasteiger partial charge in [-0.05, 0) is 31.2 Å². The summed E-state index contributed by atoms with van der Waals surface area (Å²) < 4.78 is 5.63. The summed E-state index contributed by atoms with van der Waals surface area (Å²) in [4.78, 5) is 15.8. The molecular formula is C16H24N2O3. The number of piperazine rings is 1. The zero-order chi connectivity index (χ0) is 15.1. The Hall–Kier alpha value is -1.59. The number of aromatic carboxylic acids is 1. The molecule has 1 heterocycles. The van der Waals surface area contributed by atoms with Crippen molar-refractivity contribution in [3.63, 3.8) is 0 Å². The van der Waals surface area contributed by atoms with Crippen molar-refractivity contribution in [1.29, 1.82) is 0 Å². The molecule has 5 nitrogen and oxygen atoms in total. The Morgan fingerprint density at radius 2 is 1.95 bits per heavy atom. The van der Waals surface area contributed by atoms with E-state index in [1.54, 1.807) is 24.3 Å². The molecule has 1 aliphatic rings. The standard InChI is InChI=1S/C16H24N2O3/c1-2-17-8-10-18(11-9-17)7-4-12-21-15-6-3-5-14(13-15)16(19)20/h3,5-6,13H,2,4,7-12H2,1H3,(H,19,20). The fraction of sp³-hybridized carbons (Fsp3) is 0.562.